The summed E-state index contributed by atoms with van der Waals surface area (Å²) in [5.41, 5.74) is 0.709. The average molecular weight is 307 g/mol. The van der Waals surface area contributed by atoms with Crippen LogP contribution in [0.15, 0.2) is 35.1 Å². The van der Waals surface area contributed by atoms with Gasteiger partial charge in [0, 0.05) is 26.2 Å². The highest BCUT2D eigenvalue weighted by molar-refractivity contribution is 5.85. The highest BCUT2D eigenvalue weighted by Gasteiger charge is 2.09. The summed E-state index contributed by atoms with van der Waals surface area (Å²) in [7, 11) is 0. The van der Waals surface area contributed by atoms with Gasteiger partial charge in [-0.3, -0.25) is 9.69 Å². The summed E-state index contributed by atoms with van der Waals surface area (Å²) in [6, 6.07) is 8.89. The SMILES string of the molecule is Cl.Cl.O=c1cccccc1NCCN1CCOCC1. The Kier molecular flexibility index (Phi) is 9.61. The average Bonchev–Trinajstić information content (AvgIpc) is 2.56. The van der Waals surface area contributed by atoms with Crippen molar-refractivity contribution < 1.29 is 4.74 Å². The number of morpholine rings is 1. The molecule has 1 heterocycles. The fraction of sp³-hybridized carbons (Fsp3) is 0.462. The van der Waals surface area contributed by atoms with E-state index >= 15 is 0 Å². The van der Waals surface area contributed by atoms with E-state index < -0.39 is 0 Å². The van der Waals surface area contributed by atoms with Crippen LogP contribution < -0.4 is 10.7 Å². The zero-order valence-corrected chi connectivity index (χ0v) is 12.3. The van der Waals surface area contributed by atoms with Crippen molar-refractivity contribution in [3.8, 4) is 0 Å². The van der Waals surface area contributed by atoms with Gasteiger partial charge < -0.3 is 10.1 Å². The van der Waals surface area contributed by atoms with E-state index in [1.54, 1.807) is 12.1 Å². The van der Waals surface area contributed by atoms with Crippen LogP contribution in [-0.2, 0) is 4.74 Å². The number of nitrogens with zero attached hydrogens (tertiary/aromatic N) is 1. The van der Waals surface area contributed by atoms with E-state index in [9.17, 15) is 4.79 Å². The van der Waals surface area contributed by atoms with E-state index in [0.29, 0.717) is 5.69 Å². The highest BCUT2D eigenvalue weighted by Crippen LogP contribution is 1.99. The standard InChI is InChI=1S/C13H18N2O2.2ClH/c16-13-5-3-1-2-4-12(13)14-6-7-15-8-10-17-11-9-15;;/h1-5H,6-11H2,(H,14,16);2*1H. The second-order valence-electron chi connectivity index (χ2n) is 4.07. The minimum atomic E-state index is 0. The molecule has 19 heavy (non-hydrogen) atoms. The third-order valence-electron chi connectivity index (χ3n) is 2.85. The molecule has 0 radical (unpaired) electrons. The number of ether oxygens (including phenoxy) is 1. The lowest BCUT2D eigenvalue weighted by Crippen LogP contribution is -2.39. The predicted octanol–water partition coefficient (Wildman–Crippen LogP) is 1.63. The van der Waals surface area contributed by atoms with Crippen LogP contribution in [0.4, 0.5) is 5.69 Å². The molecular weight excluding hydrogens is 287 g/mol. The van der Waals surface area contributed by atoms with E-state index in [1.165, 1.54) is 0 Å². The van der Waals surface area contributed by atoms with Crippen molar-refractivity contribution in [1.82, 2.24) is 4.90 Å². The maximum absolute atomic E-state index is 11.6. The highest BCUT2D eigenvalue weighted by atomic mass is 35.5. The largest absolute Gasteiger partial charge is 0.381 e. The Morgan fingerprint density at radius 1 is 1.11 bits per heavy atom. The molecule has 1 aromatic rings. The lowest BCUT2D eigenvalue weighted by atomic mass is 10.4. The summed E-state index contributed by atoms with van der Waals surface area (Å²) in [5.74, 6) is 0. The molecule has 0 aromatic heterocycles. The van der Waals surface area contributed by atoms with Gasteiger partial charge in [0.25, 0.3) is 0 Å². The fourth-order valence-corrected chi connectivity index (χ4v) is 1.85. The van der Waals surface area contributed by atoms with Crippen LogP contribution >= 0.6 is 24.8 Å². The van der Waals surface area contributed by atoms with E-state index in [-0.39, 0.29) is 30.2 Å². The fourth-order valence-electron chi connectivity index (χ4n) is 1.85. The number of anilines is 1. The third kappa shape index (κ3) is 6.25. The van der Waals surface area contributed by atoms with Gasteiger partial charge >= 0.3 is 0 Å². The van der Waals surface area contributed by atoms with Crippen LogP contribution in [0.2, 0.25) is 0 Å². The molecule has 0 unspecified atom stereocenters. The van der Waals surface area contributed by atoms with Crippen molar-refractivity contribution in [3.05, 3.63) is 40.6 Å². The predicted molar refractivity (Wildman–Crippen MR) is 83.0 cm³/mol. The summed E-state index contributed by atoms with van der Waals surface area (Å²) in [5, 5.41) is 3.19. The van der Waals surface area contributed by atoms with Crippen LogP contribution in [0.3, 0.4) is 0 Å². The first-order valence-electron chi connectivity index (χ1n) is 5.99. The van der Waals surface area contributed by atoms with E-state index in [0.717, 1.165) is 39.4 Å². The lowest BCUT2D eigenvalue weighted by molar-refractivity contribution is 0.0398. The van der Waals surface area contributed by atoms with E-state index in [2.05, 4.69) is 10.2 Å². The van der Waals surface area contributed by atoms with Crippen molar-refractivity contribution in [1.29, 1.82) is 0 Å². The molecule has 1 saturated heterocycles. The summed E-state index contributed by atoms with van der Waals surface area (Å²) in [6.07, 6.45) is 0. The maximum atomic E-state index is 11.6. The second-order valence-corrected chi connectivity index (χ2v) is 4.07. The van der Waals surface area contributed by atoms with Gasteiger partial charge in [-0.05, 0) is 12.1 Å². The summed E-state index contributed by atoms with van der Waals surface area (Å²) in [6.45, 7) is 5.32. The summed E-state index contributed by atoms with van der Waals surface area (Å²) in [4.78, 5) is 13.9. The number of hydrogen-bond acceptors (Lipinski definition) is 4. The summed E-state index contributed by atoms with van der Waals surface area (Å²) >= 11 is 0. The van der Waals surface area contributed by atoms with Crippen molar-refractivity contribution in [3.63, 3.8) is 0 Å². The number of hydrogen-bond donors (Lipinski definition) is 1. The Bertz CT molecular complexity index is 412. The van der Waals surface area contributed by atoms with Crippen LogP contribution in [0, 0.1) is 0 Å². The molecule has 0 atom stereocenters. The molecule has 1 aliphatic rings. The van der Waals surface area contributed by atoms with Crippen LogP contribution in [0.25, 0.3) is 0 Å². The smallest absolute Gasteiger partial charge is 0.201 e. The maximum Gasteiger partial charge on any atom is 0.201 e. The lowest BCUT2D eigenvalue weighted by Gasteiger charge is -2.26. The van der Waals surface area contributed by atoms with Gasteiger partial charge in [0.05, 0.1) is 18.9 Å². The number of nitrogens with one attached hydrogen (secondary N) is 1. The Hall–Kier alpha value is -0.810. The van der Waals surface area contributed by atoms with E-state index in [4.69, 9.17) is 4.74 Å². The Balaban J connectivity index is 0.00000162. The first kappa shape index (κ1) is 18.2. The Labute approximate surface area is 126 Å². The van der Waals surface area contributed by atoms with Gasteiger partial charge in [0.15, 0.2) is 0 Å². The molecule has 0 saturated carbocycles. The van der Waals surface area contributed by atoms with Crippen LogP contribution in [0.1, 0.15) is 0 Å². The Morgan fingerprint density at radius 2 is 1.79 bits per heavy atom. The zero-order valence-electron chi connectivity index (χ0n) is 10.7. The molecule has 0 spiro atoms. The van der Waals surface area contributed by atoms with Crippen molar-refractivity contribution in [2.75, 3.05) is 44.7 Å². The van der Waals surface area contributed by atoms with Gasteiger partial charge in [0.1, 0.15) is 0 Å². The molecule has 108 valence electrons. The molecule has 1 N–H and O–H groups in total. The third-order valence-corrected chi connectivity index (χ3v) is 2.85. The van der Waals surface area contributed by atoms with Gasteiger partial charge in [-0.1, -0.05) is 18.2 Å². The van der Waals surface area contributed by atoms with Gasteiger partial charge in [-0.15, -0.1) is 24.8 Å². The van der Waals surface area contributed by atoms with E-state index in [1.807, 2.05) is 18.2 Å². The van der Waals surface area contributed by atoms with Crippen LogP contribution in [0.5, 0.6) is 0 Å². The first-order chi connectivity index (χ1) is 8.36. The molecule has 1 aromatic carbocycles. The molecule has 0 bridgehead atoms. The van der Waals surface area contributed by atoms with Crippen molar-refractivity contribution in [2.24, 2.45) is 0 Å². The minimum absolute atomic E-state index is 0. The van der Waals surface area contributed by atoms with Crippen molar-refractivity contribution >= 4 is 30.5 Å². The number of halogens is 2. The first-order valence-corrected chi connectivity index (χ1v) is 5.99. The van der Waals surface area contributed by atoms with Gasteiger partial charge in [0.2, 0.25) is 5.43 Å². The molecule has 2 rings (SSSR count). The summed E-state index contributed by atoms with van der Waals surface area (Å²) < 4.78 is 5.28. The van der Waals surface area contributed by atoms with Crippen LogP contribution in [-0.4, -0.2) is 44.3 Å². The van der Waals surface area contributed by atoms with Crippen molar-refractivity contribution in [2.45, 2.75) is 0 Å². The zero-order chi connectivity index (χ0) is 11.9. The molecule has 1 fully saturated rings. The molecule has 1 aliphatic heterocycles. The number of rotatable bonds is 4. The van der Waals surface area contributed by atoms with Gasteiger partial charge in [-0.25, -0.2) is 0 Å². The second kappa shape index (κ2) is 10.0. The molecule has 0 amide bonds. The quantitative estimate of drug-likeness (QED) is 0.918. The monoisotopic (exact) mass is 306 g/mol. The molecule has 6 heteroatoms. The molecular formula is C13H20Cl2N2O2. The van der Waals surface area contributed by atoms with Gasteiger partial charge in [-0.2, -0.15) is 0 Å². The normalized spacial score (nSPS) is 14.9. The minimum Gasteiger partial charge on any atom is -0.381 e. The molecule has 0 aliphatic carbocycles. The molecule has 4 nitrogen and oxygen atoms in total. The Morgan fingerprint density at radius 3 is 2.53 bits per heavy atom. The topological polar surface area (TPSA) is 41.6 Å².